The van der Waals surface area contributed by atoms with E-state index in [4.69, 9.17) is 4.42 Å². The SMILES string of the molecule is O=C(O)c1ccccc1-c1c2cc(-c3nc4ccccc4[nH]3)c(=O)cc-2oc2cc(O)c(-c3nc4ccccc4[nH]3)cc12. The minimum Gasteiger partial charge on any atom is -0.507 e. The number of aromatic nitrogens is 4. The summed E-state index contributed by atoms with van der Waals surface area (Å²) in [6, 6.07) is 27.9. The number of aromatic hydroxyl groups is 1. The average Bonchev–Trinajstić information content (AvgIpc) is 3.64. The number of hydrogen-bond donors (Lipinski definition) is 4. The second kappa shape index (κ2) is 9.15. The molecule has 2 aliphatic rings. The van der Waals surface area contributed by atoms with Crippen molar-refractivity contribution in [3.8, 4) is 51.0 Å². The molecule has 0 amide bonds. The van der Waals surface area contributed by atoms with Crippen molar-refractivity contribution in [1.29, 1.82) is 0 Å². The maximum Gasteiger partial charge on any atom is 0.336 e. The Morgan fingerprint density at radius 3 is 2.00 bits per heavy atom. The average molecular weight is 565 g/mol. The van der Waals surface area contributed by atoms with Gasteiger partial charge in [0.2, 0.25) is 0 Å². The summed E-state index contributed by atoms with van der Waals surface area (Å²) in [7, 11) is 0. The van der Waals surface area contributed by atoms with Gasteiger partial charge >= 0.3 is 5.97 Å². The summed E-state index contributed by atoms with van der Waals surface area (Å²) in [5, 5.41) is 21.8. The molecular weight excluding hydrogens is 544 g/mol. The normalized spacial score (nSPS) is 11.6. The lowest BCUT2D eigenvalue weighted by atomic mass is 9.89. The molecule has 1 aliphatic heterocycles. The molecule has 0 atom stereocenters. The van der Waals surface area contributed by atoms with E-state index in [1.165, 1.54) is 18.2 Å². The van der Waals surface area contributed by atoms with Crippen molar-refractivity contribution in [2.24, 2.45) is 0 Å². The first-order valence-corrected chi connectivity index (χ1v) is 13.4. The highest BCUT2D eigenvalue weighted by atomic mass is 16.4. The molecule has 3 heterocycles. The number of nitrogens with one attached hydrogen (secondary N) is 2. The van der Waals surface area contributed by atoms with Crippen LogP contribution in [0.15, 0.2) is 106 Å². The molecule has 0 spiro atoms. The molecule has 0 radical (unpaired) electrons. The predicted molar refractivity (Wildman–Crippen MR) is 163 cm³/mol. The van der Waals surface area contributed by atoms with Crippen molar-refractivity contribution in [3.05, 3.63) is 113 Å². The number of aromatic amines is 2. The van der Waals surface area contributed by atoms with Crippen LogP contribution in [0.2, 0.25) is 0 Å². The third-order valence-electron chi connectivity index (χ3n) is 7.65. The molecule has 1 aliphatic carbocycles. The number of H-pyrrole nitrogens is 2. The number of benzene rings is 5. The number of phenolic OH excluding ortho intramolecular Hbond substituents is 1. The van der Waals surface area contributed by atoms with Gasteiger partial charge in [0.25, 0.3) is 0 Å². The summed E-state index contributed by atoms with van der Waals surface area (Å²) in [5.74, 6) is -0.126. The monoisotopic (exact) mass is 564 g/mol. The molecule has 0 bridgehead atoms. The van der Waals surface area contributed by atoms with Crippen LogP contribution in [0, 0.1) is 0 Å². The zero-order valence-electron chi connectivity index (χ0n) is 22.3. The Kier molecular flexibility index (Phi) is 5.23. The van der Waals surface area contributed by atoms with Crippen molar-refractivity contribution in [3.63, 3.8) is 0 Å². The second-order valence-corrected chi connectivity index (χ2v) is 10.2. The number of hydrogen-bond acceptors (Lipinski definition) is 6. The zero-order valence-corrected chi connectivity index (χ0v) is 22.3. The minimum absolute atomic E-state index is 0.0751. The van der Waals surface area contributed by atoms with Gasteiger partial charge in [-0.15, -0.1) is 0 Å². The molecule has 0 saturated carbocycles. The van der Waals surface area contributed by atoms with E-state index in [1.54, 1.807) is 30.3 Å². The highest BCUT2D eigenvalue weighted by molar-refractivity contribution is 6.09. The number of carboxylic acid groups (broad SMARTS) is 1. The lowest BCUT2D eigenvalue weighted by molar-refractivity contribution is 0.0697. The van der Waals surface area contributed by atoms with Crippen molar-refractivity contribution in [2.75, 3.05) is 0 Å². The van der Waals surface area contributed by atoms with Crippen LogP contribution in [0.4, 0.5) is 0 Å². The lowest BCUT2D eigenvalue weighted by Crippen LogP contribution is -2.07. The fraction of sp³-hybridized carbons (Fsp3) is 0. The van der Waals surface area contributed by atoms with Gasteiger partial charge in [0, 0.05) is 28.6 Å². The van der Waals surface area contributed by atoms with Gasteiger partial charge in [0.1, 0.15) is 28.7 Å². The van der Waals surface area contributed by atoms with Crippen LogP contribution >= 0.6 is 0 Å². The zero-order chi connectivity index (χ0) is 29.2. The van der Waals surface area contributed by atoms with Crippen LogP contribution in [-0.2, 0) is 0 Å². The maximum atomic E-state index is 13.4. The summed E-state index contributed by atoms with van der Waals surface area (Å²) in [6.45, 7) is 0. The van der Waals surface area contributed by atoms with E-state index in [1.807, 2.05) is 48.5 Å². The smallest absolute Gasteiger partial charge is 0.336 e. The summed E-state index contributed by atoms with van der Waals surface area (Å²) in [4.78, 5) is 41.5. The first-order valence-electron chi connectivity index (χ1n) is 13.4. The number of nitrogens with zero attached hydrogens (tertiary/aromatic N) is 2. The number of fused-ring (bicyclic) bond motifs is 4. The van der Waals surface area contributed by atoms with Gasteiger partial charge in [-0.05, 0) is 48.0 Å². The molecule has 0 unspecified atom stereocenters. The predicted octanol–water partition coefficient (Wildman–Crippen LogP) is 7.06. The number of aromatic carboxylic acids is 1. The fourth-order valence-corrected chi connectivity index (χ4v) is 5.67. The van der Waals surface area contributed by atoms with E-state index in [9.17, 15) is 19.8 Å². The van der Waals surface area contributed by atoms with Gasteiger partial charge in [-0.3, -0.25) is 4.79 Å². The Morgan fingerprint density at radius 1 is 0.698 bits per heavy atom. The molecule has 43 heavy (non-hydrogen) atoms. The highest BCUT2D eigenvalue weighted by Crippen LogP contribution is 2.45. The van der Waals surface area contributed by atoms with Crippen LogP contribution in [-0.4, -0.2) is 36.1 Å². The molecule has 9 nitrogen and oxygen atoms in total. The first kappa shape index (κ1) is 24.6. The lowest BCUT2D eigenvalue weighted by Gasteiger charge is -2.18. The molecule has 0 saturated heterocycles. The van der Waals surface area contributed by atoms with Gasteiger partial charge in [0.05, 0.1) is 38.8 Å². The van der Waals surface area contributed by atoms with E-state index in [0.717, 1.165) is 16.6 Å². The number of phenols is 1. The van der Waals surface area contributed by atoms with Crippen LogP contribution in [0.3, 0.4) is 0 Å². The van der Waals surface area contributed by atoms with Crippen molar-refractivity contribution >= 4 is 39.0 Å². The van der Waals surface area contributed by atoms with Crippen LogP contribution < -0.4 is 5.43 Å². The summed E-state index contributed by atoms with van der Waals surface area (Å²) >= 11 is 0. The topological polar surface area (TPSA) is 145 Å². The Balaban J connectivity index is 1.48. The first-order chi connectivity index (χ1) is 20.9. The summed E-state index contributed by atoms with van der Waals surface area (Å²) in [5.41, 5.74) is 5.24. The van der Waals surface area contributed by atoms with Crippen LogP contribution in [0.5, 0.6) is 5.75 Å². The van der Waals surface area contributed by atoms with Crippen molar-refractivity contribution < 1.29 is 19.4 Å². The molecule has 0 fully saturated rings. The van der Waals surface area contributed by atoms with Gasteiger partial charge in [0.15, 0.2) is 5.43 Å². The van der Waals surface area contributed by atoms with Gasteiger partial charge < -0.3 is 24.6 Å². The van der Waals surface area contributed by atoms with Crippen molar-refractivity contribution in [1.82, 2.24) is 19.9 Å². The Morgan fingerprint density at radius 2 is 1.33 bits per heavy atom. The van der Waals surface area contributed by atoms with Crippen molar-refractivity contribution in [2.45, 2.75) is 0 Å². The van der Waals surface area contributed by atoms with E-state index in [0.29, 0.717) is 50.4 Å². The molecule has 206 valence electrons. The third-order valence-corrected chi connectivity index (χ3v) is 7.65. The van der Waals surface area contributed by atoms with Gasteiger partial charge in [-0.25, -0.2) is 14.8 Å². The Labute approximate surface area is 242 Å². The number of carbonyl (C=O) groups is 1. The second-order valence-electron chi connectivity index (χ2n) is 10.2. The number of carboxylic acids is 1. The van der Waals surface area contributed by atoms with E-state index in [-0.39, 0.29) is 28.1 Å². The van der Waals surface area contributed by atoms with Gasteiger partial charge in [-0.2, -0.15) is 0 Å². The number of rotatable bonds is 4. The number of imidazole rings is 2. The van der Waals surface area contributed by atoms with E-state index < -0.39 is 5.97 Å². The van der Waals surface area contributed by atoms with Gasteiger partial charge in [-0.1, -0.05) is 42.5 Å². The molecule has 4 aromatic carbocycles. The molecular formula is C34H20N4O5. The highest BCUT2D eigenvalue weighted by Gasteiger charge is 2.25. The van der Waals surface area contributed by atoms with Crippen LogP contribution in [0.25, 0.3) is 78.3 Å². The molecule has 9 heteroatoms. The standard InChI is InChI=1S/C34H20N4O5/c39-27-15-29-21(13-19(27)32-35-23-9-3-4-10-24(23)36-32)31(17-7-1-2-8-18(17)34(41)42)22-14-20(28(40)16-30(22)43-29)33-37-25-11-5-6-12-26(25)38-33/h1-16,39H,(H,35,36)(H,37,38)(H,41,42). The maximum absolute atomic E-state index is 13.4. The largest absolute Gasteiger partial charge is 0.507 e. The third kappa shape index (κ3) is 3.86. The fourth-order valence-electron chi connectivity index (χ4n) is 5.67. The quantitative estimate of drug-likeness (QED) is 0.168. The minimum atomic E-state index is -1.10. The van der Waals surface area contributed by atoms with E-state index in [2.05, 4.69) is 19.9 Å². The summed E-state index contributed by atoms with van der Waals surface area (Å²) in [6.07, 6.45) is 0. The van der Waals surface area contributed by atoms with Crippen LogP contribution in [0.1, 0.15) is 10.4 Å². The molecule has 4 N–H and O–H groups in total. The molecule has 8 rings (SSSR count). The summed E-state index contributed by atoms with van der Waals surface area (Å²) < 4.78 is 6.20. The molecule has 2 aromatic heterocycles. The number of para-hydroxylation sites is 4. The Bertz CT molecular complexity index is 2370. The Hall–Kier alpha value is -6.22. The molecule has 6 aromatic rings. The van der Waals surface area contributed by atoms with E-state index >= 15 is 0 Å².